The summed E-state index contributed by atoms with van der Waals surface area (Å²) in [5, 5.41) is 0. The summed E-state index contributed by atoms with van der Waals surface area (Å²) in [5.74, 6) is 4.24. The third kappa shape index (κ3) is 2.59. The standard InChI is InChI=1S/C11H15BrF2N2/c1-3-6(2)11(16-15)9-8(13)5-4-7(12)10(9)14/h4-6,11,16H,3,15H2,1-2H3. The van der Waals surface area contributed by atoms with Crippen LogP contribution in [0.1, 0.15) is 31.9 Å². The zero-order valence-corrected chi connectivity index (χ0v) is 10.8. The summed E-state index contributed by atoms with van der Waals surface area (Å²) in [6.07, 6.45) is 0.778. The van der Waals surface area contributed by atoms with Crippen molar-refractivity contribution in [2.45, 2.75) is 26.3 Å². The lowest BCUT2D eigenvalue weighted by Crippen LogP contribution is -2.33. The van der Waals surface area contributed by atoms with E-state index in [1.54, 1.807) is 0 Å². The number of hydrazine groups is 1. The molecule has 0 aliphatic rings. The van der Waals surface area contributed by atoms with Gasteiger partial charge in [-0.15, -0.1) is 0 Å². The van der Waals surface area contributed by atoms with Gasteiger partial charge in [0, 0.05) is 5.56 Å². The van der Waals surface area contributed by atoms with Gasteiger partial charge in [-0.05, 0) is 34.0 Å². The lowest BCUT2D eigenvalue weighted by molar-refractivity contribution is 0.356. The van der Waals surface area contributed by atoms with E-state index in [4.69, 9.17) is 5.84 Å². The molecule has 16 heavy (non-hydrogen) atoms. The molecular formula is C11H15BrF2N2. The highest BCUT2D eigenvalue weighted by molar-refractivity contribution is 9.10. The summed E-state index contributed by atoms with van der Waals surface area (Å²) in [6, 6.07) is 2.05. The molecule has 1 rings (SSSR count). The number of nitrogens with one attached hydrogen (secondary N) is 1. The maximum absolute atomic E-state index is 13.8. The first-order chi connectivity index (χ1) is 7.52. The molecule has 0 spiro atoms. The van der Waals surface area contributed by atoms with E-state index in [2.05, 4.69) is 21.4 Å². The topological polar surface area (TPSA) is 38.0 Å². The average molecular weight is 293 g/mol. The van der Waals surface area contributed by atoms with Crippen molar-refractivity contribution in [3.63, 3.8) is 0 Å². The fourth-order valence-corrected chi connectivity index (χ4v) is 1.94. The monoisotopic (exact) mass is 292 g/mol. The minimum absolute atomic E-state index is 0.00812. The maximum Gasteiger partial charge on any atom is 0.145 e. The molecule has 2 nitrogen and oxygen atoms in total. The molecule has 0 aliphatic heterocycles. The van der Waals surface area contributed by atoms with Crippen molar-refractivity contribution >= 4 is 15.9 Å². The number of hydrogen-bond acceptors (Lipinski definition) is 2. The van der Waals surface area contributed by atoms with Gasteiger partial charge in [0.15, 0.2) is 0 Å². The quantitative estimate of drug-likeness (QED) is 0.508. The van der Waals surface area contributed by atoms with Crippen LogP contribution in [-0.4, -0.2) is 0 Å². The molecule has 90 valence electrons. The van der Waals surface area contributed by atoms with Gasteiger partial charge >= 0.3 is 0 Å². The van der Waals surface area contributed by atoms with Crippen LogP contribution in [0, 0.1) is 17.6 Å². The van der Waals surface area contributed by atoms with Crippen molar-refractivity contribution in [1.29, 1.82) is 0 Å². The van der Waals surface area contributed by atoms with E-state index < -0.39 is 17.7 Å². The lowest BCUT2D eigenvalue weighted by atomic mass is 9.92. The first-order valence-electron chi connectivity index (χ1n) is 5.12. The summed E-state index contributed by atoms with van der Waals surface area (Å²) in [5.41, 5.74) is 2.47. The van der Waals surface area contributed by atoms with Crippen LogP contribution in [-0.2, 0) is 0 Å². The molecule has 0 fully saturated rings. The molecule has 0 aromatic heterocycles. The molecule has 0 amide bonds. The number of hydrogen-bond donors (Lipinski definition) is 2. The Labute approximate surface area is 102 Å². The number of halogens is 3. The van der Waals surface area contributed by atoms with Crippen molar-refractivity contribution in [3.05, 3.63) is 33.8 Å². The Morgan fingerprint density at radius 2 is 2.06 bits per heavy atom. The Balaban J connectivity index is 3.23. The number of nitrogens with two attached hydrogens (primary N) is 1. The van der Waals surface area contributed by atoms with Crippen molar-refractivity contribution in [2.24, 2.45) is 11.8 Å². The highest BCUT2D eigenvalue weighted by Gasteiger charge is 2.24. The van der Waals surface area contributed by atoms with Gasteiger partial charge in [-0.1, -0.05) is 20.3 Å². The summed E-state index contributed by atoms with van der Waals surface area (Å²) in [6.45, 7) is 3.84. The second kappa shape index (κ2) is 5.70. The average Bonchev–Trinajstić information content (AvgIpc) is 2.28. The van der Waals surface area contributed by atoms with Crippen molar-refractivity contribution in [1.82, 2.24) is 5.43 Å². The largest absolute Gasteiger partial charge is 0.271 e. The maximum atomic E-state index is 13.8. The van der Waals surface area contributed by atoms with Gasteiger partial charge in [-0.3, -0.25) is 11.3 Å². The highest BCUT2D eigenvalue weighted by atomic mass is 79.9. The lowest BCUT2D eigenvalue weighted by Gasteiger charge is -2.23. The van der Waals surface area contributed by atoms with Crippen LogP contribution in [0.3, 0.4) is 0 Å². The van der Waals surface area contributed by atoms with Crippen LogP contribution in [0.4, 0.5) is 8.78 Å². The predicted octanol–water partition coefficient (Wildman–Crippen LogP) is 3.28. The molecule has 0 saturated heterocycles. The fraction of sp³-hybridized carbons (Fsp3) is 0.455. The van der Waals surface area contributed by atoms with E-state index in [-0.39, 0.29) is 16.0 Å². The molecule has 3 N–H and O–H groups in total. The predicted molar refractivity (Wildman–Crippen MR) is 63.6 cm³/mol. The molecule has 2 unspecified atom stereocenters. The van der Waals surface area contributed by atoms with Crippen molar-refractivity contribution in [2.75, 3.05) is 0 Å². The number of rotatable bonds is 4. The first-order valence-corrected chi connectivity index (χ1v) is 5.91. The molecule has 0 saturated carbocycles. The first kappa shape index (κ1) is 13.5. The molecule has 1 aromatic carbocycles. The van der Waals surface area contributed by atoms with E-state index in [1.807, 2.05) is 13.8 Å². The zero-order valence-electron chi connectivity index (χ0n) is 9.23. The van der Waals surface area contributed by atoms with Gasteiger partial charge in [0.05, 0.1) is 10.5 Å². The van der Waals surface area contributed by atoms with Crippen LogP contribution in [0.25, 0.3) is 0 Å². The van der Waals surface area contributed by atoms with Crippen molar-refractivity contribution in [3.8, 4) is 0 Å². The van der Waals surface area contributed by atoms with E-state index in [0.717, 1.165) is 6.42 Å². The van der Waals surface area contributed by atoms with Gasteiger partial charge in [-0.25, -0.2) is 8.78 Å². The second-order valence-electron chi connectivity index (χ2n) is 3.79. The van der Waals surface area contributed by atoms with Crippen LogP contribution < -0.4 is 11.3 Å². The van der Waals surface area contributed by atoms with Gasteiger partial charge in [0.1, 0.15) is 11.6 Å². The van der Waals surface area contributed by atoms with Crippen LogP contribution in [0.5, 0.6) is 0 Å². The van der Waals surface area contributed by atoms with Crippen molar-refractivity contribution < 1.29 is 8.78 Å². The van der Waals surface area contributed by atoms with E-state index in [1.165, 1.54) is 12.1 Å². The van der Waals surface area contributed by atoms with Crippen LogP contribution >= 0.6 is 15.9 Å². The molecular weight excluding hydrogens is 278 g/mol. The van der Waals surface area contributed by atoms with Gasteiger partial charge in [-0.2, -0.15) is 0 Å². The van der Waals surface area contributed by atoms with Gasteiger partial charge in [0.25, 0.3) is 0 Å². The Bertz CT molecular complexity index is 371. The zero-order chi connectivity index (χ0) is 12.3. The van der Waals surface area contributed by atoms with E-state index >= 15 is 0 Å². The third-order valence-electron chi connectivity index (χ3n) is 2.78. The molecule has 0 aliphatic carbocycles. The normalized spacial score (nSPS) is 14.9. The minimum Gasteiger partial charge on any atom is -0.271 e. The highest BCUT2D eigenvalue weighted by Crippen LogP contribution is 2.31. The summed E-state index contributed by atoms with van der Waals surface area (Å²) >= 11 is 3.04. The molecule has 0 bridgehead atoms. The Kier molecular flexibility index (Phi) is 4.83. The Morgan fingerprint density at radius 1 is 1.44 bits per heavy atom. The second-order valence-corrected chi connectivity index (χ2v) is 4.64. The van der Waals surface area contributed by atoms with Gasteiger partial charge < -0.3 is 0 Å². The van der Waals surface area contributed by atoms with E-state index in [9.17, 15) is 8.78 Å². The van der Waals surface area contributed by atoms with E-state index in [0.29, 0.717) is 0 Å². The van der Waals surface area contributed by atoms with Gasteiger partial charge in [0.2, 0.25) is 0 Å². The fourth-order valence-electron chi connectivity index (χ4n) is 1.60. The SMILES string of the molecule is CCC(C)C(NN)c1c(F)ccc(Br)c1F. The number of benzene rings is 1. The third-order valence-corrected chi connectivity index (χ3v) is 3.40. The van der Waals surface area contributed by atoms with Crippen LogP contribution in [0.2, 0.25) is 0 Å². The van der Waals surface area contributed by atoms with Crippen LogP contribution in [0.15, 0.2) is 16.6 Å². The molecule has 5 heteroatoms. The molecule has 2 atom stereocenters. The Morgan fingerprint density at radius 3 is 2.56 bits per heavy atom. The molecule has 0 heterocycles. The summed E-state index contributed by atoms with van der Waals surface area (Å²) < 4.78 is 27.7. The summed E-state index contributed by atoms with van der Waals surface area (Å²) in [7, 11) is 0. The summed E-state index contributed by atoms with van der Waals surface area (Å²) in [4.78, 5) is 0. The smallest absolute Gasteiger partial charge is 0.145 e. The molecule has 1 aromatic rings. The minimum atomic E-state index is -0.594. The molecule has 0 radical (unpaired) electrons. The Hall–Kier alpha value is -0.520.